The monoisotopic (exact) mass is 270 g/mol. The largest absolute Gasteiger partial charge is 0.481 e. The molecule has 1 atom stereocenters. The molecule has 3 amide bonds. The van der Waals surface area contributed by atoms with Crippen molar-refractivity contribution in [3.05, 3.63) is 0 Å². The number of hydrogen-bond donors (Lipinski definition) is 2. The highest BCUT2D eigenvalue weighted by Crippen LogP contribution is 2.19. The van der Waals surface area contributed by atoms with Crippen molar-refractivity contribution >= 4 is 17.9 Å². The van der Waals surface area contributed by atoms with Gasteiger partial charge in [-0.05, 0) is 32.1 Å². The number of amides is 3. The number of aliphatic carboxylic acids is 1. The molecule has 0 aromatic rings. The summed E-state index contributed by atoms with van der Waals surface area (Å²) in [6.07, 6.45) is 4.09. The van der Waals surface area contributed by atoms with Gasteiger partial charge in [0.05, 0.1) is 0 Å². The molecule has 1 unspecified atom stereocenters. The van der Waals surface area contributed by atoms with Crippen molar-refractivity contribution in [2.24, 2.45) is 0 Å². The van der Waals surface area contributed by atoms with E-state index in [-0.39, 0.29) is 30.8 Å². The number of rotatable bonds is 6. The van der Waals surface area contributed by atoms with Gasteiger partial charge < -0.3 is 10.0 Å². The Hall–Kier alpha value is -1.59. The van der Waals surface area contributed by atoms with Gasteiger partial charge in [-0.2, -0.15) is 0 Å². The molecule has 1 fully saturated rings. The van der Waals surface area contributed by atoms with Gasteiger partial charge >= 0.3 is 12.0 Å². The van der Waals surface area contributed by atoms with Gasteiger partial charge in [-0.25, -0.2) is 4.79 Å². The number of nitrogens with zero attached hydrogens (tertiary/aromatic N) is 1. The molecular weight excluding hydrogens is 248 g/mol. The van der Waals surface area contributed by atoms with E-state index in [4.69, 9.17) is 5.11 Å². The fraction of sp³-hybridized carbons (Fsp3) is 0.769. The molecule has 2 N–H and O–H groups in total. The molecule has 0 aromatic carbocycles. The Kier molecular flexibility index (Phi) is 6.32. The van der Waals surface area contributed by atoms with Crippen molar-refractivity contribution in [3.63, 3.8) is 0 Å². The third-order valence-corrected chi connectivity index (χ3v) is 3.40. The molecule has 0 aromatic heterocycles. The fourth-order valence-corrected chi connectivity index (χ4v) is 2.34. The van der Waals surface area contributed by atoms with E-state index in [2.05, 4.69) is 5.32 Å². The minimum atomic E-state index is -0.862. The van der Waals surface area contributed by atoms with Crippen LogP contribution >= 0.6 is 0 Å². The maximum absolute atomic E-state index is 11.9. The molecule has 19 heavy (non-hydrogen) atoms. The van der Waals surface area contributed by atoms with Crippen molar-refractivity contribution in [1.29, 1.82) is 0 Å². The maximum atomic E-state index is 11.9. The molecule has 0 radical (unpaired) electrons. The highest BCUT2D eigenvalue weighted by molar-refractivity contribution is 5.94. The first kappa shape index (κ1) is 15.5. The molecule has 1 heterocycles. The molecule has 0 bridgehead atoms. The van der Waals surface area contributed by atoms with Gasteiger partial charge in [0, 0.05) is 25.4 Å². The van der Waals surface area contributed by atoms with Crippen LogP contribution in [0.3, 0.4) is 0 Å². The van der Waals surface area contributed by atoms with E-state index >= 15 is 0 Å². The normalized spacial score (nSPS) is 18.4. The second kappa shape index (κ2) is 7.76. The minimum absolute atomic E-state index is 0.0608. The van der Waals surface area contributed by atoms with E-state index in [1.54, 1.807) is 4.90 Å². The van der Waals surface area contributed by atoms with Gasteiger partial charge in [-0.15, -0.1) is 0 Å². The average Bonchev–Trinajstić information content (AvgIpc) is 2.82. The highest BCUT2D eigenvalue weighted by atomic mass is 16.4. The molecule has 0 saturated carbocycles. The van der Waals surface area contributed by atoms with Gasteiger partial charge in [0.1, 0.15) is 0 Å². The number of carbonyl (C=O) groups excluding carboxylic acids is 2. The molecular formula is C13H22N2O4. The quantitative estimate of drug-likeness (QED) is 0.720. The minimum Gasteiger partial charge on any atom is -0.481 e. The number of hydrogen-bond acceptors (Lipinski definition) is 3. The van der Waals surface area contributed by atoms with Crippen LogP contribution in [0.1, 0.15) is 51.9 Å². The number of imide groups is 1. The average molecular weight is 270 g/mol. The predicted octanol–water partition coefficient (Wildman–Crippen LogP) is 1.74. The zero-order valence-electron chi connectivity index (χ0n) is 11.4. The fourth-order valence-electron chi connectivity index (χ4n) is 2.34. The Balaban J connectivity index is 2.24. The Labute approximate surface area is 113 Å². The number of carboxylic acid groups (broad SMARTS) is 1. The molecule has 1 saturated heterocycles. The van der Waals surface area contributed by atoms with E-state index in [1.807, 2.05) is 6.92 Å². The van der Waals surface area contributed by atoms with Crippen molar-refractivity contribution in [1.82, 2.24) is 10.2 Å². The number of urea groups is 1. The molecule has 1 aliphatic rings. The Morgan fingerprint density at radius 1 is 1.26 bits per heavy atom. The lowest BCUT2D eigenvalue weighted by molar-refractivity contribution is -0.137. The van der Waals surface area contributed by atoms with E-state index in [1.165, 1.54) is 0 Å². The summed E-state index contributed by atoms with van der Waals surface area (Å²) >= 11 is 0. The van der Waals surface area contributed by atoms with Crippen LogP contribution in [0.25, 0.3) is 0 Å². The van der Waals surface area contributed by atoms with Crippen LogP contribution in [-0.4, -0.2) is 40.5 Å². The van der Waals surface area contributed by atoms with Crippen LogP contribution in [0.4, 0.5) is 4.79 Å². The first-order valence-corrected chi connectivity index (χ1v) is 6.86. The predicted molar refractivity (Wildman–Crippen MR) is 69.7 cm³/mol. The van der Waals surface area contributed by atoms with Crippen LogP contribution in [0.5, 0.6) is 0 Å². The van der Waals surface area contributed by atoms with Gasteiger partial charge in [-0.1, -0.05) is 6.92 Å². The van der Waals surface area contributed by atoms with Crippen LogP contribution in [-0.2, 0) is 9.59 Å². The van der Waals surface area contributed by atoms with Gasteiger partial charge in [0.25, 0.3) is 0 Å². The molecule has 1 rings (SSSR count). The Morgan fingerprint density at radius 3 is 2.58 bits per heavy atom. The van der Waals surface area contributed by atoms with Gasteiger partial charge in [0.15, 0.2) is 0 Å². The molecule has 6 heteroatoms. The molecule has 6 nitrogen and oxygen atoms in total. The second-order valence-electron chi connectivity index (χ2n) is 4.85. The summed E-state index contributed by atoms with van der Waals surface area (Å²) in [4.78, 5) is 35.4. The molecule has 0 spiro atoms. The Morgan fingerprint density at radius 2 is 1.95 bits per heavy atom. The summed E-state index contributed by atoms with van der Waals surface area (Å²) in [5, 5.41) is 10.8. The Bertz CT molecular complexity index is 344. The summed E-state index contributed by atoms with van der Waals surface area (Å²) < 4.78 is 0. The van der Waals surface area contributed by atoms with E-state index in [0.29, 0.717) is 19.4 Å². The number of likely N-dealkylation sites (tertiary alicyclic amines) is 1. The topological polar surface area (TPSA) is 86.7 Å². The molecule has 108 valence electrons. The lowest BCUT2D eigenvalue weighted by Gasteiger charge is -2.23. The summed E-state index contributed by atoms with van der Waals surface area (Å²) in [6, 6.07) is -0.0765. The van der Waals surface area contributed by atoms with Crippen LogP contribution in [0.2, 0.25) is 0 Å². The second-order valence-corrected chi connectivity index (χ2v) is 4.85. The summed E-state index contributed by atoms with van der Waals surface area (Å²) in [7, 11) is 0. The smallest absolute Gasteiger partial charge is 0.324 e. The number of unbranched alkanes of at least 4 members (excludes halogenated alkanes) is 1. The van der Waals surface area contributed by atoms with Crippen LogP contribution in [0, 0.1) is 0 Å². The van der Waals surface area contributed by atoms with Crippen molar-refractivity contribution in [3.8, 4) is 0 Å². The van der Waals surface area contributed by atoms with Crippen LogP contribution in [0.15, 0.2) is 0 Å². The van der Waals surface area contributed by atoms with Crippen molar-refractivity contribution in [2.75, 3.05) is 6.54 Å². The SMILES string of the molecule is CCC1CCCN1C(=O)NC(=O)CCCCC(=O)O. The van der Waals surface area contributed by atoms with Gasteiger partial charge in [-0.3, -0.25) is 14.9 Å². The van der Waals surface area contributed by atoms with Gasteiger partial charge in [0.2, 0.25) is 5.91 Å². The summed E-state index contributed by atoms with van der Waals surface area (Å²) in [5.41, 5.74) is 0. The lowest BCUT2D eigenvalue weighted by Crippen LogP contribution is -2.44. The number of carboxylic acids is 1. The summed E-state index contributed by atoms with van der Waals surface area (Å²) in [5.74, 6) is -1.18. The number of nitrogens with one attached hydrogen (secondary N) is 1. The standard InChI is InChI=1S/C13H22N2O4/c1-2-10-6-5-9-15(10)13(19)14-11(16)7-3-4-8-12(17)18/h10H,2-9H2,1H3,(H,17,18)(H,14,16,19). The van der Waals surface area contributed by atoms with Crippen molar-refractivity contribution < 1.29 is 19.5 Å². The maximum Gasteiger partial charge on any atom is 0.324 e. The summed E-state index contributed by atoms with van der Waals surface area (Å²) in [6.45, 7) is 2.74. The third kappa shape index (κ3) is 5.28. The zero-order valence-corrected chi connectivity index (χ0v) is 11.4. The molecule has 1 aliphatic heterocycles. The first-order chi connectivity index (χ1) is 9.04. The van der Waals surface area contributed by atoms with Crippen LogP contribution < -0.4 is 5.32 Å². The van der Waals surface area contributed by atoms with E-state index < -0.39 is 5.97 Å². The highest BCUT2D eigenvalue weighted by Gasteiger charge is 2.27. The third-order valence-electron chi connectivity index (χ3n) is 3.40. The first-order valence-electron chi connectivity index (χ1n) is 6.86. The van der Waals surface area contributed by atoms with E-state index in [9.17, 15) is 14.4 Å². The lowest BCUT2D eigenvalue weighted by atomic mass is 10.2. The zero-order chi connectivity index (χ0) is 14.3. The number of carbonyl (C=O) groups is 3. The van der Waals surface area contributed by atoms with E-state index in [0.717, 1.165) is 19.3 Å². The molecule has 0 aliphatic carbocycles. The van der Waals surface area contributed by atoms with Crippen molar-refractivity contribution in [2.45, 2.75) is 57.9 Å².